The Bertz CT molecular complexity index is 258. The third-order valence-corrected chi connectivity index (χ3v) is 3.34. The third-order valence-electron chi connectivity index (χ3n) is 1.95. The van der Waals surface area contributed by atoms with Crippen LogP contribution in [0.2, 0.25) is 13.1 Å². The van der Waals surface area contributed by atoms with Gasteiger partial charge < -0.3 is 4.98 Å². The highest BCUT2D eigenvalue weighted by Crippen LogP contribution is 2.17. The molecule has 0 saturated heterocycles. The van der Waals surface area contributed by atoms with Gasteiger partial charge in [-0.05, 0) is 0 Å². The van der Waals surface area contributed by atoms with Crippen molar-refractivity contribution < 1.29 is 0 Å². The van der Waals surface area contributed by atoms with E-state index in [0.29, 0.717) is 0 Å². The maximum atomic E-state index is 4.39. The van der Waals surface area contributed by atoms with Crippen LogP contribution in [0.4, 0.5) is 0 Å². The van der Waals surface area contributed by atoms with Crippen molar-refractivity contribution in [1.29, 1.82) is 0 Å². The first-order valence-electron chi connectivity index (χ1n) is 4.46. The smallest absolute Gasteiger partial charge is 0.110 e. The quantitative estimate of drug-likeness (QED) is 0.654. The summed E-state index contributed by atoms with van der Waals surface area (Å²) >= 11 is 0. The Labute approximate surface area is 76.0 Å². The molecule has 1 N–H and O–H groups in total. The summed E-state index contributed by atoms with van der Waals surface area (Å²) in [5.74, 6) is 0. The lowest BCUT2D eigenvalue weighted by molar-refractivity contribution is 0.573. The zero-order chi connectivity index (χ0) is 9.35. The van der Waals surface area contributed by atoms with Crippen molar-refractivity contribution >= 4 is 14.2 Å². The van der Waals surface area contributed by atoms with E-state index in [1.165, 1.54) is 11.1 Å². The van der Waals surface area contributed by atoms with Crippen LogP contribution in [-0.2, 0) is 5.41 Å². The van der Waals surface area contributed by atoms with Gasteiger partial charge in [0.15, 0.2) is 0 Å². The number of nitrogens with zero attached hydrogens (tertiary/aromatic N) is 1. The SMILES string of the molecule is C[SiH](C)c1ncc(C(C)(C)C)[nH]1. The van der Waals surface area contributed by atoms with Crippen LogP contribution in [0, 0.1) is 0 Å². The maximum Gasteiger partial charge on any atom is 0.110 e. The summed E-state index contributed by atoms with van der Waals surface area (Å²) in [5, 5.41) is 0. The Morgan fingerprint density at radius 1 is 1.33 bits per heavy atom. The van der Waals surface area contributed by atoms with Crippen LogP contribution in [0.15, 0.2) is 6.20 Å². The molecule has 3 heteroatoms. The molecule has 0 aliphatic rings. The molecule has 0 unspecified atom stereocenters. The van der Waals surface area contributed by atoms with Gasteiger partial charge >= 0.3 is 0 Å². The number of aromatic nitrogens is 2. The van der Waals surface area contributed by atoms with Gasteiger partial charge in [-0.25, -0.2) is 4.98 Å². The van der Waals surface area contributed by atoms with Gasteiger partial charge in [0.1, 0.15) is 8.80 Å². The molecule has 0 aliphatic carbocycles. The Hall–Kier alpha value is -0.573. The molecule has 0 atom stereocenters. The van der Waals surface area contributed by atoms with Crippen molar-refractivity contribution in [3.63, 3.8) is 0 Å². The molecule has 0 spiro atoms. The van der Waals surface area contributed by atoms with Gasteiger partial charge in [0.05, 0.1) is 5.45 Å². The van der Waals surface area contributed by atoms with E-state index in [4.69, 9.17) is 0 Å². The average molecular weight is 182 g/mol. The molecule has 2 nitrogen and oxygen atoms in total. The molecule has 0 fully saturated rings. The van der Waals surface area contributed by atoms with E-state index < -0.39 is 8.80 Å². The fourth-order valence-electron chi connectivity index (χ4n) is 1.01. The maximum absolute atomic E-state index is 4.39. The minimum atomic E-state index is -0.747. The summed E-state index contributed by atoms with van der Waals surface area (Å²) in [6.07, 6.45) is 1.97. The molecule has 0 bridgehead atoms. The van der Waals surface area contributed by atoms with Crippen LogP contribution in [-0.4, -0.2) is 18.8 Å². The van der Waals surface area contributed by atoms with Gasteiger partial charge in [0.25, 0.3) is 0 Å². The number of aromatic amines is 1. The minimum absolute atomic E-state index is 0.203. The molecular weight excluding hydrogens is 164 g/mol. The monoisotopic (exact) mass is 182 g/mol. The van der Waals surface area contributed by atoms with Gasteiger partial charge in [-0.15, -0.1) is 0 Å². The minimum Gasteiger partial charge on any atom is -0.350 e. The van der Waals surface area contributed by atoms with Crippen LogP contribution in [0.25, 0.3) is 0 Å². The summed E-state index contributed by atoms with van der Waals surface area (Å²) in [6, 6.07) is 0. The van der Waals surface area contributed by atoms with Gasteiger partial charge in [0, 0.05) is 17.3 Å². The molecule has 0 aromatic carbocycles. The Kier molecular flexibility index (Phi) is 2.42. The Morgan fingerprint density at radius 2 is 1.92 bits per heavy atom. The predicted molar refractivity (Wildman–Crippen MR) is 55.8 cm³/mol. The predicted octanol–water partition coefficient (Wildman–Crippen LogP) is 1.40. The first kappa shape index (κ1) is 9.51. The van der Waals surface area contributed by atoms with Crippen LogP contribution in [0.1, 0.15) is 26.5 Å². The van der Waals surface area contributed by atoms with Crippen molar-refractivity contribution in [2.45, 2.75) is 39.3 Å². The van der Waals surface area contributed by atoms with Gasteiger partial charge in [-0.2, -0.15) is 0 Å². The fourth-order valence-corrected chi connectivity index (χ4v) is 1.83. The highest BCUT2D eigenvalue weighted by Gasteiger charge is 2.17. The molecule has 68 valence electrons. The normalized spacial score (nSPS) is 12.5. The highest BCUT2D eigenvalue weighted by molar-refractivity contribution is 6.69. The second kappa shape index (κ2) is 3.05. The van der Waals surface area contributed by atoms with E-state index in [2.05, 4.69) is 43.8 Å². The van der Waals surface area contributed by atoms with Crippen molar-refractivity contribution in [3.05, 3.63) is 11.9 Å². The number of rotatable bonds is 1. The van der Waals surface area contributed by atoms with E-state index in [1.807, 2.05) is 6.20 Å². The second-order valence-corrected chi connectivity index (χ2v) is 7.44. The lowest BCUT2D eigenvalue weighted by Crippen LogP contribution is -2.27. The first-order valence-corrected chi connectivity index (χ1v) is 7.35. The van der Waals surface area contributed by atoms with Gasteiger partial charge in [0.2, 0.25) is 0 Å². The molecule has 12 heavy (non-hydrogen) atoms. The molecule has 1 heterocycles. The van der Waals surface area contributed by atoms with Gasteiger partial charge in [-0.3, -0.25) is 0 Å². The standard InChI is InChI=1S/C9H18N2Si/c1-9(2,3)7-6-10-8(11-7)12(4)5/h6,12H,1-5H3,(H,10,11). The lowest BCUT2D eigenvalue weighted by atomic mass is 9.93. The highest BCUT2D eigenvalue weighted by atomic mass is 28.3. The van der Waals surface area contributed by atoms with Gasteiger partial charge in [-0.1, -0.05) is 33.9 Å². The van der Waals surface area contributed by atoms with E-state index in [0.717, 1.165) is 0 Å². The number of hydrogen-bond donors (Lipinski definition) is 1. The first-order chi connectivity index (χ1) is 5.41. The lowest BCUT2D eigenvalue weighted by Gasteiger charge is -2.15. The number of nitrogens with one attached hydrogen (secondary N) is 1. The van der Waals surface area contributed by atoms with Crippen LogP contribution in [0.5, 0.6) is 0 Å². The molecule has 0 radical (unpaired) electrons. The second-order valence-electron chi connectivity index (χ2n) is 4.59. The van der Waals surface area contributed by atoms with E-state index in [1.54, 1.807) is 0 Å². The zero-order valence-electron chi connectivity index (χ0n) is 8.60. The summed E-state index contributed by atoms with van der Waals surface area (Å²) in [4.78, 5) is 7.79. The summed E-state index contributed by atoms with van der Waals surface area (Å²) < 4.78 is 0. The number of H-pyrrole nitrogens is 1. The summed E-state index contributed by atoms with van der Waals surface area (Å²) in [5.41, 5.74) is 2.67. The van der Waals surface area contributed by atoms with Crippen LogP contribution >= 0.6 is 0 Å². The van der Waals surface area contributed by atoms with Crippen molar-refractivity contribution in [2.75, 3.05) is 0 Å². The molecule has 1 aromatic rings. The fraction of sp³-hybridized carbons (Fsp3) is 0.667. The summed E-state index contributed by atoms with van der Waals surface area (Å²) in [7, 11) is -0.747. The molecule has 1 aromatic heterocycles. The average Bonchev–Trinajstić information content (AvgIpc) is 2.30. The third kappa shape index (κ3) is 1.97. The topological polar surface area (TPSA) is 28.7 Å². The molecular formula is C9H18N2Si. The van der Waals surface area contributed by atoms with E-state index >= 15 is 0 Å². The van der Waals surface area contributed by atoms with Crippen molar-refractivity contribution in [2.24, 2.45) is 0 Å². The van der Waals surface area contributed by atoms with Crippen molar-refractivity contribution in [1.82, 2.24) is 9.97 Å². The Morgan fingerprint density at radius 3 is 2.17 bits per heavy atom. The van der Waals surface area contributed by atoms with Crippen molar-refractivity contribution in [3.8, 4) is 0 Å². The molecule has 1 rings (SSSR count). The number of imidazole rings is 1. The van der Waals surface area contributed by atoms with Crippen LogP contribution < -0.4 is 5.45 Å². The summed E-state index contributed by atoms with van der Waals surface area (Å²) in [6.45, 7) is 11.2. The van der Waals surface area contributed by atoms with E-state index in [-0.39, 0.29) is 5.41 Å². The Balaban J connectivity index is 2.92. The molecule has 0 amide bonds. The van der Waals surface area contributed by atoms with Crippen LogP contribution in [0.3, 0.4) is 0 Å². The zero-order valence-corrected chi connectivity index (χ0v) is 9.76. The number of hydrogen-bond acceptors (Lipinski definition) is 1. The van der Waals surface area contributed by atoms with E-state index in [9.17, 15) is 0 Å². The molecule has 0 aliphatic heterocycles. The molecule has 0 saturated carbocycles. The largest absolute Gasteiger partial charge is 0.350 e.